The lowest BCUT2D eigenvalue weighted by Gasteiger charge is -2.32. The van der Waals surface area contributed by atoms with Gasteiger partial charge in [0.1, 0.15) is 5.82 Å². The number of pyridine rings is 1. The Labute approximate surface area is 125 Å². The third-order valence-corrected chi connectivity index (χ3v) is 4.34. The van der Waals surface area contributed by atoms with E-state index < -0.39 is 0 Å². The quantitative estimate of drug-likeness (QED) is 0.811. The van der Waals surface area contributed by atoms with E-state index in [0.717, 1.165) is 37.2 Å². The molecule has 0 aromatic carbocycles. The first-order valence-corrected chi connectivity index (χ1v) is 7.53. The largest absolute Gasteiger partial charge is 0.338 e. The van der Waals surface area contributed by atoms with Gasteiger partial charge < -0.3 is 9.47 Å². The van der Waals surface area contributed by atoms with Gasteiger partial charge in [-0.15, -0.1) is 0 Å². The zero-order valence-corrected chi connectivity index (χ0v) is 12.6. The van der Waals surface area contributed by atoms with Gasteiger partial charge in [-0.2, -0.15) is 0 Å². The third kappa shape index (κ3) is 2.58. The minimum absolute atomic E-state index is 0.185. The average Bonchev–Trinajstić information content (AvgIpc) is 2.86. The number of piperidine rings is 1. The van der Waals surface area contributed by atoms with Crippen LogP contribution in [0.3, 0.4) is 0 Å². The van der Waals surface area contributed by atoms with Gasteiger partial charge in [-0.3, -0.25) is 4.79 Å². The lowest BCUT2D eigenvalue weighted by atomic mass is 9.97. The van der Waals surface area contributed by atoms with E-state index in [1.54, 1.807) is 0 Å². The molecule has 0 radical (unpaired) electrons. The molecule has 1 fully saturated rings. The van der Waals surface area contributed by atoms with Crippen molar-refractivity contribution < 1.29 is 4.79 Å². The van der Waals surface area contributed by atoms with Crippen molar-refractivity contribution in [3.63, 3.8) is 0 Å². The molecule has 0 N–H and O–H groups in total. The molecule has 4 heteroatoms. The summed E-state index contributed by atoms with van der Waals surface area (Å²) in [6.07, 6.45) is 6.19. The predicted octanol–water partition coefficient (Wildman–Crippen LogP) is 3.17. The molecule has 3 rings (SSSR count). The van der Waals surface area contributed by atoms with Crippen LogP contribution in [0.1, 0.15) is 42.3 Å². The summed E-state index contributed by atoms with van der Waals surface area (Å²) in [5.41, 5.74) is 3.49. The fourth-order valence-corrected chi connectivity index (χ4v) is 3.19. The number of carbonyl (C=O) groups excluding carboxylic acids is 1. The highest BCUT2D eigenvalue weighted by Crippen LogP contribution is 2.29. The minimum Gasteiger partial charge on any atom is -0.338 e. The number of aromatic nitrogens is 2. The molecule has 0 spiro atoms. The Morgan fingerprint density at radius 1 is 1.14 bits per heavy atom. The highest BCUT2D eigenvalue weighted by molar-refractivity contribution is 5.49. The molecule has 21 heavy (non-hydrogen) atoms. The van der Waals surface area contributed by atoms with Crippen molar-refractivity contribution in [2.45, 2.75) is 39.2 Å². The molecular weight excluding hydrogens is 262 g/mol. The maximum atomic E-state index is 11.2. The molecule has 0 saturated carbocycles. The van der Waals surface area contributed by atoms with Gasteiger partial charge in [0.25, 0.3) is 0 Å². The van der Waals surface area contributed by atoms with Crippen LogP contribution in [-0.4, -0.2) is 27.4 Å². The molecular formula is C17H21N3O. The number of amides is 1. The van der Waals surface area contributed by atoms with E-state index in [1.807, 2.05) is 17.2 Å². The molecule has 4 nitrogen and oxygen atoms in total. The van der Waals surface area contributed by atoms with Crippen LogP contribution in [0.5, 0.6) is 0 Å². The van der Waals surface area contributed by atoms with Crippen molar-refractivity contribution in [3.05, 3.63) is 47.4 Å². The normalized spacial score (nSPS) is 18.8. The molecule has 2 aromatic heterocycles. The number of hydrogen-bond donors (Lipinski definition) is 0. The molecule has 0 unspecified atom stereocenters. The van der Waals surface area contributed by atoms with Crippen LogP contribution in [0.25, 0.3) is 5.82 Å². The molecule has 1 saturated heterocycles. The fourth-order valence-electron chi connectivity index (χ4n) is 3.19. The number of carbonyl (C=O) groups is 1. The SMILES string of the molecule is Cc1ccc(C)n1-c1ccc([C@H]2CCCCN2C=O)cn1. The van der Waals surface area contributed by atoms with Gasteiger partial charge in [-0.25, -0.2) is 4.98 Å². The number of rotatable bonds is 3. The second kappa shape index (κ2) is 5.72. The van der Waals surface area contributed by atoms with Gasteiger partial charge in [0.2, 0.25) is 6.41 Å². The Balaban J connectivity index is 1.89. The van der Waals surface area contributed by atoms with Crippen LogP contribution < -0.4 is 0 Å². The van der Waals surface area contributed by atoms with Crippen LogP contribution in [-0.2, 0) is 4.79 Å². The average molecular weight is 283 g/mol. The zero-order chi connectivity index (χ0) is 14.8. The monoisotopic (exact) mass is 283 g/mol. The minimum atomic E-state index is 0.185. The second-order valence-electron chi connectivity index (χ2n) is 5.76. The van der Waals surface area contributed by atoms with Gasteiger partial charge in [0.05, 0.1) is 6.04 Å². The Hall–Kier alpha value is -2.10. The Kier molecular flexibility index (Phi) is 3.78. The van der Waals surface area contributed by atoms with Crippen molar-refractivity contribution in [1.82, 2.24) is 14.5 Å². The summed E-state index contributed by atoms with van der Waals surface area (Å²) < 4.78 is 2.14. The Bertz CT molecular complexity index is 610. The van der Waals surface area contributed by atoms with Crippen LogP contribution in [0.2, 0.25) is 0 Å². The second-order valence-corrected chi connectivity index (χ2v) is 5.76. The maximum Gasteiger partial charge on any atom is 0.210 e. The van der Waals surface area contributed by atoms with Gasteiger partial charge in [-0.05, 0) is 56.9 Å². The fraction of sp³-hybridized carbons (Fsp3) is 0.412. The molecule has 1 atom stereocenters. The molecule has 1 aliphatic heterocycles. The number of hydrogen-bond acceptors (Lipinski definition) is 2. The van der Waals surface area contributed by atoms with Crippen LogP contribution in [0.4, 0.5) is 0 Å². The summed E-state index contributed by atoms with van der Waals surface area (Å²) in [5, 5.41) is 0. The van der Waals surface area contributed by atoms with E-state index in [1.165, 1.54) is 17.8 Å². The van der Waals surface area contributed by atoms with E-state index >= 15 is 0 Å². The van der Waals surface area contributed by atoms with E-state index in [0.29, 0.717) is 0 Å². The molecule has 1 aliphatic rings. The van der Waals surface area contributed by atoms with Gasteiger partial charge in [0, 0.05) is 24.1 Å². The summed E-state index contributed by atoms with van der Waals surface area (Å²) in [7, 11) is 0. The van der Waals surface area contributed by atoms with Crippen molar-refractivity contribution in [3.8, 4) is 5.82 Å². The summed E-state index contributed by atoms with van der Waals surface area (Å²) in [4.78, 5) is 17.7. The summed E-state index contributed by atoms with van der Waals surface area (Å²) in [6, 6.07) is 8.53. The van der Waals surface area contributed by atoms with E-state index in [9.17, 15) is 4.79 Å². The first-order valence-electron chi connectivity index (χ1n) is 7.53. The Morgan fingerprint density at radius 3 is 2.52 bits per heavy atom. The van der Waals surface area contributed by atoms with Crippen LogP contribution >= 0.6 is 0 Å². The lowest BCUT2D eigenvalue weighted by Crippen LogP contribution is -2.32. The first-order chi connectivity index (χ1) is 10.2. The smallest absolute Gasteiger partial charge is 0.210 e. The maximum absolute atomic E-state index is 11.2. The highest BCUT2D eigenvalue weighted by Gasteiger charge is 2.22. The zero-order valence-electron chi connectivity index (χ0n) is 12.6. The van der Waals surface area contributed by atoms with E-state index in [-0.39, 0.29) is 6.04 Å². The molecule has 2 aromatic rings. The van der Waals surface area contributed by atoms with Crippen molar-refractivity contribution in [2.24, 2.45) is 0 Å². The number of likely N-dealkylation sites (tertiary alicyclic amines) is 1. The Morgan fingerprint density at radius 2 is 1.90 bits per heavy atom. The van der Waals surface area contributed by atoms with E-state index in [2.05, 4.69) is 41.6 Å². The molecule has 3 heterocycles. The van der Waals surface area contributed by atoms with Gasteiger partial charge in [0.15, 0.2) is 0 Å². The summed E-state index contributed by atoms with van der Waals surface area (Å²) >= 11 is 0. The number of nitrogens with zero attached hydrogens (tertiary/aromatic N) is 3. The van der Waals surface area contributed by atoms with Gasteiger partial charge >= 0.3 is 0 Å². The standard InChI is InChI=1S/C17H21N3O/c1-13-6-7-14(2)20(13)17-9-8-15(11-18-17)16-5-3-4-10-19(16)12-21/h6-9,11-12,16H,3-5,10H2,1-2H3/t16-/m1/s1. The highest BCUT2D eigenvalue weighted by atomic mass is 16.1. The topological polar surface area (TPSA) is 38.1 Å². The van der Waals surface area contributed by atoms with Crippen molar-refractivity contribution in [2.75, 3.05) is 6.54 Å². The van der Waals surface area contributed by atoms with Crippen LogP contribution in [0.15, 0.2) is 30.5 Å². The summed E-state index contributed by atoms with van der Waals surface area (Å²) in [5.74, 6) is 0.937. The van der Waals surface area contributed by atoms with Crippen molar-refractivity contribution >= 4 is 6.41 Å². The summed E-state index contributed by atoms with van der Waals surface area (Å²) in [6.45, 7) is 5.02. The van der Waals surface area contributed by atoms with Gasteiger partial charge in [-0.1, -0.05) is 6.07 Å². The molecule has 0 aliphatic carbocycles. The molecule has 110 valence electrons. The molecule has 0 bridgehead atoms. The van der Waals surface area contributed by atoms with Crippen molar-refractivity contribution in [1.29, 1.82) is 0 Å². The third-order valence-electron chi connectivity index (χ3n) is 4.34. The predicted molar refractivity (Wildman–Crippen MR) is 82.4 cm³/mol. The van der Waals surface area contributed by atoms with Crippen LogP contribution in [0, 0.1) is 13.8 Å². The van der Waals surface area contributed by atoms with E-state index in [4.69, 9.17) is 0 Å². The number of aryl methyl sites for hydroxylation is 2. The lowest BCUT2D eigenvalue weighted by molar-refractivity contribution is -0.121. The first kappa shape index (κ1) is 13.9. The molecule has 1 amide bonds.